The van der Waals surface area contributed by atoms with E-state index in [1.807, 2.05) is 18.3 Å². The van der Waals surface area contributed by atoms with Crippen molar-refractivity contribution in [2.75, 3.05) is 0 Å². The second-order valence-corrected chi connectivity index (χ2v) is 5.17. The van der Waals surface area contributed by atoms with Crippen molar-refractivity contribution in [3.8, 4) is 0 Å². The van der Waals surface area contributed by atoms with E-state index in [1.54, 1.807) is 0 Å². The van der Waals surface area contributed by atoms with E-state index in [2.05, 4.69) is 43.8 Å². The van der Waals surface area contributed by atoms with Gasteiger partial charge in [-0.1, -0.05) is 29.3 Å². The Labute approximate surface area is 96.2 Å². The highest BCUT2D eigenvalue weighted by molar-refractivity contribution is 9.10. The number of alkyl halides is 1. The summed E-state index contributed by atoms with van der Waals surface area (Å²) in [5.74, 6) is 0. The summed E-state index contributed by atoms with van der Waals surface area (Å²) < 4.78 is 1.11. The van der Waals surface area contributed by atoms with Crippen molar-refractivity contribution in [2.24, 2.45) is 0 Å². The molecule has 0 aromatic carbocycles. The maximum atomic E-state index is 4.32. The summed E-state index contributed by atoms with van der Waals surface area (Å²) in [4.78, 5) is 4.87. The Morgan fingerprint density at radius 2 is 2.31 bits per heavy atom. The normalized spacial score (nSPS) is 12.8. The first kappa shape index (κ1) is 11.2. The summed E-state index contributed by atoms with van der Waals surface area (Å²) in [6.45, 7) is 2.20. The number of hydrogen-bond acceptors (Lipinski definition) is 1. The molecule has 1 aromatic rings. The van der Waals surface area contributed by atoms with Gasteiger partial charge in [0.05, 0.1) is 5.69 Å². The van der Waals surface area contributed by atoms with Gasteiger partial charge in [-0.05, 0) is 34.5 Å². The number of pyridine rings is 1. The molecule has 0 bridgehead atoms. The van der Waals surface area contributed by atoms with E-state index in [0.29, 0.717) is 4.83 Å². The number of aromatic nitrogens is 1. The zero-order chi connectivity index (χ0) is 9.68. The molecule has 0 aliphatic rings. The average Bonchev–Trinajstić information content (AvgIpc) is 2.09. The van der Waals surface area contributed by atoms with Gasteiger partial charge >= 0.3 is 0 Å². The number of nitrogens with zero attached hydrogens (tertiary/aromatic N) is 1. The summed E-state index contributed by atoms with van der Waals surface area (Å²) in [7, 11) is 0. The third-order valence-corrected chi connectivity index (χ3v) is 3.36. The van der Waals surface area contributed by atoms with Crippen LogP contribution in [0.15, 0.2) is 22.8 Å². The van der Waals surface area contributed by atoms with Crippen LogP contribution < -0.4 is 0 Å². The van der Waals surface area contributed by atoms with Crippen LogP contribution in [-0.4, -0.2) is 9.81 Å². The Hall–Kier alpha value is 0.110. The minimum atomic E-state index is 0.545. The molecule has 0 fully saturated rings. The fraction of sp³-hybridized carbons (Fsp3) is 0.500. The van der Waals surface area contributed by atoms with Crippen LogP contribution >= 0.6 is 31.9 Å². The monoisotopic (exact) mass is 305 g/mol. The molecule has 1 heterocycles. The van der Waals surface area contributed by atoms with Crippen LogP contribution in [-0.2, 0) is 6.42 Å². The topological polar surface area (TPSA) is 12.9 Å². The number of hydrogen-bond donors (Lipinski definition) is 0. The smallest absolute Gasteiger partial charge is 0.0556 e. The standard InChI is InChI=1S/C10H13Br2N/c1-2-4-8(11)7-10-9(12)5-3-6-13-10/h3,5-6,8H,2,4,7H2,1H3. The summed E-state index contributed by atoms with van der Waals surface area (Å²) in [6, 6.07) is 3.98. The molecule has 1 unspecified atom stereocenters. The van der Waals surface area contributed by atoms with Gasteiger partial charge in [0.2, 0.25) is 0 Å². The Morgan fingerprint density at radius 3 is 2.92 bits per heavy atom. The van der Waals surface area contributed by atoms with E-state index in [9.17, 15) is 0 Å². The molecule has 0 saturated carbocycles. The second kappa shape index (κ2) is 5.76. The van der Waals surface area contributed by atoms with Gasteiger partial charge in [-0.15, -0.1) is 0 Å². The van der Waals surface area contributed by atoms with Gasteiger partial charge in [0.25, 0.3) is 0 Å². The lowest BCUT2D eigenvalue weighted by atomic mass is 10.1. The maximum Gasteiger partial charge on any atom is 0.0556 e. The van der Waals surface area contributed by atoms with E-state index in [-0.39, 0.29) is 0 Å². The van der Waals surface area contributed by atoms with Crippen LogP contribution in [0.25, 0.3) is 0 Å². The fourth-order valence-corrected chi connectivity index (χ4v) is 2.38. The van der Waals surface area contributed by atoms with Crippen LogP contribution in [0, 0.1) is 0 Å². The van der Waals surface area contributed by atoms with Gasteiger partial charge in [0, 0.05) is 21.9 Å². The largest absolute Gasteiger partial charge is 0.260 e. The van der Waals surface area contributed by atoms with Crippen LogP contribution in [0.5, 0.6) is 0 Å². The Morgan fingerprint density at radius 1 is 1.54 bits per heavy atom. The van der Waals surface area contributed by atoms with E-state index in [4.69, 9.17) is 0 Å². The molecule has 1 nitrogen and oxygen atoms in total. The molecule has 0 spiro atoms. The first-order valence-corrected chi connectivity index (χ1v) is 6.18. The van der Waals surface area contributed by atoms with Crippen molar-refractivity contribution in [1.82, 2.24) is 4.98 Å². The molecule has 1 rings (SSSR count). The third-order valence-electron chi connectivity index (χ3n) is 1.85. The lowest BCUT2D eigenvalue weighted by Crippen LogP contribution is -2.04. The average molecular weight is 307 g/mol. The van der Waals surface area contributed by atoms with Gasteiger partial charge < -0.3 is 0 Å². The maximum absolute atomic E-state index is 4.32. The molecule has 13 heavy (non-hydrogen) atoms. The molecule has 0 aliphatic heterocycles. The molecular weight excluding hydrogens is 294 g/mol. The van der Waals surface area contributed by atoms with Crippen molar-refractivity contribution in [2.45, 2.75) is 31.0 Å². The molecule has 0 radical (unpaired) electrons. The Kier molecular flexibility index (Phi) is 4.96. The van der Waals surface area contributed by atoms with Gasteiger partial charge in [-0.2, -0.15) is 0 Å². The second-order valence-electron chi connectivity index (χ2n) is 3.02. The van der Waals surface area contributed by atoms with Gasteiger partial charge in [0.15, 0.2) is 0 Å². The minimum Gasteiger partial charge on any atom is -0.260 e. The molecule has 0 amide bonds. The van der Waals surface area contributed by atoms with Crippen molar-refractivity contribution < 1.29 is 0 Å². The predicted molar refractivity (Wildman–Crippen MR) is 63.3 cm³/mol. The molecule has 0 N–H and O–H groups in total. The predicted octanol–water partition coefficient (Wildman–Crippen LogP) is 3.95. The van der Waals surface area contributed by atoms with Crippen molar-refractivity contribution in [1.29, 1.82) is 0 Å². The molecule has 0 aliphatic carbocycles. The SMILES string of the molecule is CCCC(Br)Cc1ncccc1Br. The molecular formula is C10H13Br2N. The van der Waals surface area contributed by atoms with Crippen LogP contribution in [0.1, 0.15) is 25.5 Å². The van der Waals surface area contributed by atoms with Crippen molar-refractivity contribution >= 4 is 31.9 Å². The minimum absolute atomic E-state index is 0.545. The van der Waals surface area contributed by atoms with Gasteiger partial charge in [0.1, 0.15) is 0 Å². The number of rotatable bonds is 4. The molecule has 0 saturated heterocycles. The van der Waals surface area contributed by atoms with Gasteiger partial charge in [-0.25, -0.2) is 0 Å². The van der Waals surface area contributed by atoms with Crippen LogP contribution in [0.4, 0.5) is 0 Å². The van der Waals surface area contributed by atoms with E-state index in [1.165, 1.54) is 12.8 Å². The summed E-state index contributed by atoms with van der Waals surface area (Å²) in [5.41, 5.74) is 1.14. The van der Waals surface area contributed by atoms with Crippen LogP contribution in [0.3, 0.4) is 0 Å². The highest BCUT2D eigenvalue weighted by Gasteiger charge is 2.07. The summed E-state index contributed by atoms with van der Waals surface area (Å²) in [5, 5.41) is 0. The summed E-state index contributed by atoms with van der Waals surface area (Å²) in [6.07, 6.45) is 5.24. The molecule has 1 atom stereocenters. The van der Waals surface area contributed by atoms with Crippen molar-refractivity contribution in [3.63, 3.8) is 0 Å². The first-order valence-electron chi connectivity index (χ1n) is 4.47. The Bertz CT molecular complexity index is 263. The molecule has 3 heteroatoms. The van der Waals surface area contributed by atoms with E-state index >= 15 is 0 Å². The quantitative estimate of drug-likeness (QED) is 0.768. The molecule has 1 aromatic heterocycles. The van der Waals surface area contributed by atoms with E-state index in [0.717, 1.165) is 16.6 Å². The van der Waals surface area contributed by atoms with E-state index < -0.39 is 0 Å². The summed E-state index contributed by atoms with van der Waals surface area (Å²) >= 11 is 7.14. The zero-order valence-corrected chi connectivity index (χ0v) is 10.8. The lowest BCUT2D eigenvalue weighted by Gasteiger charge is -2.08. The highest BCUT2D eigenvalue weighted by Crippen LogP contribution is 2.19. The lowest BCUT2D eigenvalue weighted by molar-refractivity contribution is 0.732. The first-order chi connectivity index (χ1) is 6.24. The van der Waals surface area contributed by atoms with Crippen molar-refractivity contribution in [3.05, 3.63) is 28.5 Å². The highest BCUT2D eigenvalue weighted by atomic mass is 79.9. The Balaban J connectivity index is 2.58. The number of halogens is 2. The fourth-order valence-electron chi connectivity index (χ4n) is 1.19. The van der Waals surface area contributed by atoms with Crippen LogP contribution in [0.2, 0.25) is 0 Å². The van der Waals surface area contributed by atoms with Gasteiger partial charge in [-0.3, -0.25) is 4.98 Å². The third kappa shape index (κ3) is 3.77. The molecule has 72 valence electrons. The zero-order valence-electron chi connectivity index (χ0n) is 7.63.